The highest BCUT2D eigenvalue weighted by Crippen LogP contribution is 2.26. The van der Waals surface area contributed by atoms with E-state index < -0.39 is 0 Å². The largest absolute Gasteiger partial charge is 0.355 e. The Kier molecular flexibility index (Phi) is 4.93. The van der Waals surface area contributed by atoms with Gasteiger partial charge in [-0.05, 0) is 72.8 Å². The van der Waals surface area contributed by atoms with E-state index in [1.165, 1.54) is 0 Å². The molecule has 1 unspecified atom stereocenters. The summed E-state index contributed by atoms with van der Waals surface area (Å²) >= 11 is 0. The van der Waals surface area contributed by atoms with Crippen LogP contribution in [0.15, 0.2) is 66.9 Å². The predicted molar refractivity (Wildman–Crippen MR) is 136 cm³/mol. The van der Waals surface area contributed by atoms with Gasteiger partial charge < -0.3 is 14.7 Å². The van der Waals surface area contributed by atoms with Gasteiger partial charge in [0.25, 0.3) is 6.23 Å². The maximum Gasteiger partial charge on any atom is 0.259 e. The molecule has 8 bridgehead atoms. The van der Waals surface area contributed by atoms with Crippen LogP contribution >= 0.6 is 0 Å². The fourth-order valence-corrected chi connectivity index (χ4v) is 4.35. The van der Waals surface area contributed by atoms with Gasteiger partial charge in [-0.3, -0.25) is 0 Å². The molecule has 4 aromatic rings. The van der Waals surface area contributed by atoms with Crippen LogP contribution in [0.3, 0.4) is 0 Å². The maximum atomic E-state index is 5.63. The zero-order valence-corrected chi connectivity index (χ0v) is 19.0. The van der Waals surface area contributed by atoms with E-state index in [2.05, 4.69) is 50.9 Å². The number of rotatable bonds is 3. The van der Waals surface area contributed by atoms with Gasteiger partial charge in [0.15, 0.2) is 6.20 Å². The van der Waals surface area contributed by atoms with Crippen molar-refractivity contribution in [2.75, 3.05) is 7.11 Å². The van der Waals surface area contributed by atoms with Crippen LogP contribution in [-0.4, -0.2) is 27.0 Å². The summed E-state index contributed by atoms with van der Waals surface area (Å²) in [7, 11) is 1.72. The molecule has 0 saturated carbocycles. The van der Waals surface area contributed by atoms with Gasteiger partial charge in [0.1, 0.15) is 0 Å². The summed E-state index contributed by atoms with van der Waals surface area (Å²) in [5.41, 5.74) is 9.70. The third-order valence-corrected chi connectivity index (χ3v) is 6.07. The van der Waals surface area contributed by atoms with Gasteiger partial charge in [-0.2, -0.15) is 4.57 Å². The van der Waals surface area contributed by atoms with Gasteiger partial charge >= 0.3 is 0 Å². The topological polar surface area (TPSA) is 70.5 Å². The average Bonchev–Trinajstić information content (AvgIpc) is 3.64. The van der Waals surface area contributed by atoms with E-state index in [0.29, 0.717) is 0 Å². The molecule has 0 aliphatic carbocycles. The Hall–Kier alpha value is -4.29. The summed E-state index contributed by atoms with van der Waals surface area (Å²) in [5.74, 6) is 0. The lowest BCUT2D eigenvalue weighted by Crippen LogP contribution is -2.40. The molecule has 0 saturated heterocycles. The van der Waals surface area contributed by atoms with Gasteiger partial charge in [0, 0.05) is 42.7 Å². The Labute approximate surface area is 197 Å². The second-order valence-corrected chi connectivity index (χ2v) is 8.42. The first kappa shape index (κ1) is 20.3. The van der Waals surface area contributed by atoms with Crippen LogP contribution in [-0.2, 0) is 4.74 Å². The number of pyridine rings is 1. The monoisotopic (exact) mass is 446 g/mol. The summed E-state index contributed by atoms with van der Waals surface area (Å²) in [6, 6.07) is 20.7. The molecule has 34 heavy (non-hydrogen) atoms. The third kappa shape index (κ3) is 3.84. The summed E-state index contributed by atoms with van der Waals surface area (Å²) in [4.78, 5) is 16.5. The lowest BCUT2D eigenvalue weighted by atomic mass is 10.1. The summed E-state index contributed by atoms with van der Waals surface area (Å²) in [6.07, 6.45) is 10.0. The van der Waals surface area contributed by atoms with Crippen LogP contribution < -0.4 is 4.57 Å². The number of aromatic nitrogens is 5. The number of ether oxygens (including phenoxy) is 1. The van der Waals surface area contributed by atoms with Crippen LogP contribution in [0.25, 0.3) is 57.6 Å². The van der Waals surface area contributed by atoms with Crippen LogP contribution in [0.1, 0.15) is 35.9 Å². The van der Waals surface area contributed by atoms with Crippen molar-refractivity contribution in [3.8, 4) is 11.3 Å². The molecule has 6 rings (SSSR count). The molecule has 4 aromatic heterocycles. The quantitative estimate of drug-likeness (QED) is 0.339. The van der Waals surface area contributed by atoms with E-state index in [1.807, 2.05) is 61.7 Å². The van der Waals surface area contributed by atoms with E-state index >= 15 is 0 Å². The van der Waals surface area contributed by atoms with Gasteiger partial charge in [-0.25, -0.2) is 9.97 Å². The minimum atomic E-state index is -0.102. The van der Waals surface area contributed by atoms with E-state index in [1.54, 1.807) is 7.11 Å². The Morgan fingerprint density at radius 2 is 1.41 bits per heavy atom. The Morgan fingerprint density at radius 1 is 0.735 bits per heavy atom. The normalized spacial score (nSPS) is 13.4. The molecule has 6 heterocycles. The molecule has 6 heteroatoms. The summed E-state index contributed by atoms with van der Waals surface area (Å²) < 4.78 is 7.76. The van der Waals surface area contributed by atoms with Crippen LogP contribution in [0.2, 0.25) is 0 Å². The van der Waals surface area contributed by atoms with Crippen molar-refractivity contribution in [2.45, 2.75) is 13.2 Å². The number of fused-ring (bicyclic) bond motifs is 8. The number of H-pyrrole nitrogens is 2. The lowest BCUT2D eigenvalue weighted by molar-refractivity contribution is -0.747. The van der Waals surface area contributed by atoms with Crippen LogP contribution in [0.4, 0.5) is 0 Å². The minimum Gasteiger partial charge on any atom is -0.355 e. The highest BCUT2D eigenvalue weighted by molar-refractivity contribution is 5.85. The van der Waals surface area contributed by atoms with Crippen molar-refractivity contribution >= 4 is 46.4 Å². The second-order valence-electron chi connectivity index (χ2n) is 8.42. The molecule has 166 valence electrons. The smallest absolute Gasteiger partial charge is 0.259 e. The van der Waals surface area contributed by atoms with Crippen molar-refractivity contribution in [2.24, 2.45) is 0 Å². The number of nitrogens with one attached hydrogen (secondary N) is 2. The van der Waals surface area contributed by atoms with E-state index in [-0.39, 0.29) is 6.23 Å². The molecular formula is C28H24N5O+. The predicted octanol–water partition coefficient (Wildman–Crippen LogP) is 5.78. The highest BCUT2D eigenvalue weighted by Gasteiger charge is 2.20. The van der Waals surface area contributed by atoms with E-state index in [4.69, 9.17) is 14.7 Å². The molecule has 0 amide bonds. The van der Waals surface area contributed by atoms with Gasteiger partial charge in [-0.15, -0.1) is 0 Å². The molecule has 2 aliphatic rings. The Bertz CT molecular complexity index is 1620. The van der Waals surface area contributed by atoms with Crippen molar-refractivity contribution < 1.29 is 9.30 Å². The van der Waals surface area contributed by atoms with Crippen molar-refractivity contribution in [3.63, 3.8) is 0 Å². The maximum absolute atomic E-state index is 5.63. The number of nitrogens with zero attached hydrogens (tertiary/aromatic N) is 3. The van der Waals surface area contributed by atoms with Gasteiger partial charge in [-0.1, -0.05) is 0 Å². The van der Waals surface area contributed by atoms with Gasteiger partial charge in [0.05, 0.1) is 33.9 Å². The van der Waals surface area contributed by atoms with Crippen LogP contribution in [0.5, 0.6) is 0 Å². The molecule has 2 N–H and O–H groups in total. The molecule has 0 radical (unpaired) electrons. The summed E-state index contributed by atoms with van der Waals surface area (Å²) in [5, 5.41) is 0. The number of aromatic amines is 2. The SMILES string of the molecule is COC(C)[n+]1ccccc1-c1cc2cc3ccc(cc4nc(cc5nc(cc1[nH]2)C=C5)C=C4)[nH]3. The molecule has 0 fully saturated rings. The Morgan fingerprint density at radius 3 is 2.15 bits per heavy atom. The first-order chi connectivity index (χ1) is 16.6. The zero-order chi connectivity index (χ0) is 23.1. The molecule has 6 nitrogen and oxygen atoms in total. The number of hydrogen-bond acceptors (Lipinski definition) is 3. The molecular weight excluding hydrogens is 422 g/mol. The first-order valence-electron chi connectivity index (χ1n) is 11.3. The van der Waals surface area contributed by atoms with Crippen molar-refractivity contribution in [3.05, 3.63) is 89.6 Å². The van der Waals surface area contributed by atoms with Crippen LogP contribution in [0, 0.1) is 0 Å². The highest BCUT2D eigenvalue weighted by atomic mass is 16.5. The van der Waals surface area contributed by atoms with Gasteiger partial charge in [0.2, 0.25) is 5.69 Å². The third-order valence-electron chi connectivity index (χ3n) is 6.07. The molecule has 0 spiro atoms. The zero-order valence-electron chi connectivity index (χ0n) is 19.0. The van der Waals surface area contributed by atoms with Crippen molar-refractivity contribution in [1.29, 1.82) is 0 Å². The fraction of sp³-hybridized carbons (Fsp3) is 0.107. The molecule has 2 aliphatic heterocycles. The number of hydrogen-bond donors (Lipinski definition) is 2. The number of methoxy groups -OCH3 is 1. The van der Waals surface area contributed by atoms with E-state index in [0.717, 1.165) is 56.1 Å². The average molecular weight is 447 g/mol. The lowest BCUT2D eigenvalue weighted by Gasteiger charge is -2.08. The fourth-order valence-electron chi connectivity index (χ4n) is 4.35. The molecule has 1 atom stereocenters. The summed E-state index contributed by atoms with van der Waals surface area (Å²) in [6.45, 7) is 2.04. The molecule has 0 aromatic carbocycles. The minimum absolute atomic E-state index is 0.102. The second kappa shape index (κ2) is 8.24. The first-order valence-corrected chi connectivity index (χ1v) is 11.3. The standard InChI is InChI=1S/C28H23N5O/c1-18(34-2)33-12-4-3-5-28(33)26-16-25-15-23-9-8-21(30-23)13-19-6-7-20(29-19)14-22-10-11-24(31-22)17-27(26)32-25/h3-18H,1-2H3,(H,29,30,31,32)/p+1. The van der Waals surface area contributed by atoms with E-state index in [9.17, 15) is 0 Å². The van der Waals surface area contributed by atoms with Crippen molar-refractivity contribution in [1.82, 2.24) is 19.9 Å². The Balaban J connectivity index is 1.66.